The third kappa shape index (κ3) is 9.15. The molecule has 2 heterocycles. The fourth-order valence-corrected chi connectivity index (χ4v) is 6.48. The maximum atomic E-state index is 15.4. The van der Waals surface area contributed by atoms with Gasteiger partial charge in [-0.3, -0.25) is 19.0 Å². The molecule has 4 rings (SSSR count). The summed E-state index contributed by atoms with van der Waals surface area (Å²) in [5.41, 5.74) is 5.71. The average Bonchev–Trinajstić information content (AvgIpc) is 3.89. The monoisotopic (exact) mass is 684 g/mol. The number of halogens is 4. The van der Waals surface area contributed by atoms with E-state index in [0.29, 0.717) is 5.69 Å². The first kappa shape index (κ1) is 36.4. The van der Waals surface area contributed by atoms with Gasteiger partial charge < -0.3 is 26.1 Å². The lowest BCUT2D eigenvalue weighted by Crippen LogP contribution is -2.50. The number of aromatic nitrogens is 4. The van der Waals surface area contributed by atoms with E-state index in [1.54, 1.807) is 10.7 Å². The summed E-state index contributed by atoms with van der Waals surface area (Å²) in [6.45, 7) is 12.3. The highest BCUT2D eigenvalue weighted by Crippen LogP contribution is 2.51. The Morgan fingerprint density at radius 3 is 2.28 bits per heavy atom. The number of rotatable bonds is 15. The molecule has 2 fully saturated rings. The zero-order chi connectivity index (χ0) is 34.9. The van der Waals surface area contributed by atoms with E-state index < -0.39 is 50.9 Å². The number of nitrogens with zero attached hydrogens (tertiary/aromatic N) is 4. The molecule has 2 aromatic heterocycles. The van der Waals surface area contributed by atoms with E-state index in [-0.39, 0.29) is 46.8 Å². The summed E-state index contributed by atoms with van der Waals surface area (Å²) in [5.74, 6) is -1.72. The van der Waals surface area contributed by atoms with Crippen molar-refractivity contribution in [3.63, 3.8) is 0 Å². The SMILES string of the molecule is CC(C)n1nccc1C(=O)N[C@H](C(=O)Nc1cn(C(CO[Si](C)(C)C(C)(C)C)/C(=C/N)NCC(F)(F)F)nc1F)C(C1CC1)C1CC1. The largest absolute Gasteiger partial charge is 0.414 e. The van der Waals surface area contributed by atoms with E-state index in [1.807, 2.05) is 47.7 Å². The normalized spacial score (nSPS) is 17.6. The summed E-state index contributed by atoms with van der Waals surface area (Å²) in [6.07, 6.45) is 2.91. The minimum atomic E-state index is -4.54. The van der Waals surface area contributed by atoms with Crippen LogP contribution in [0.25, 0.3) is 0 Å². The molecule has 262 valence electrons. The van der Waals surface area contributed by atoms with Crippen molar-refractivity contribution < 1.29 is 31.6 Å². The maximum absolute atomic E-state index is 15.4. The number of nitrogens with two attached hydrogens (primary N) is 1. The van der Waals surface area contributed by atoms with Gasteiger partial charge in [-0.05, 0) is 81.5 Å². The van der Waals surface area contributed by atoms with Crippen LogP contribution in [-0.2, 0) is 9.22 Å². The molecule has 0 spiro atoms. The van der Waals surface area contributed by atoms with Crippen LogP contribution in [0.2, 0.25) is 18.1 Å². The van der Waals surface area contributed by atoms with Gasteiger partial charge in [0.05, 0.1) is 18.5 Å². The first-order chi connectivity index (χ1) is 21.8. The fourth-order valence-electron chi connectivity index (χ4n) is 5.47. The van der Waals surface area contributed by atoms with E-state index in [0.717, 1.165) is 36.6 Å². The lowest BCUT2D eigenvalue weighted by Gasteiger charge is -2.37. The summed E-state index contributed by atoms with van der Waals surface area (Å²) in [6, 6.07) is -0.522. The van der Waals surface area contributed by atoms with Gasteiger partial charge in [-0.15, -0.1) is 5.10 Å². The van der Waals surface area contributed by atoms with Crippen LogP contribution < -0.4 is 21.7 Å². The number of alkyl halides is 3. The van der Waals surface area contributed by atoms with E-state index >= 15 is 4.39 Å². The summed E-state index contributed by atoms with van der Waals surface area (Å²) in [4.78, 5) is 27.4. The molecular formula is C31H48F4N8O3Si. The van der Waals surface area contributed by atoms with Gasteiger partial charge in [-0.1, -0.05) is 20.8 Å². The molecule has 0 radical (unpaired) electrons. The van der Waals surface area contributed by atoms with Crippen LogP contribution in [0, 0.1) is 23.7 Å². The summed E-state index contributed by atoms with van der Waals surface area (Å²) in [7, 11) is -2.41. The number of carbonyl (C=O) groups is 2. The Morgan fingerprint density at radius 1 is 1.15 bits per heavy atom. The van der Waals surface area contributed by atoms with Crippen LogP contribution in [-0.4, -0.2) is 65.1 Å². The average molecular weight is 685 g/mol. The summed E-state index contributed by atoms with van der Waals surface area (Å²) < 4.78 is 63.8. The van der Waals surface area contributed by atoms with Gasteiger partial charge in [0.2, 0.25) is 5.91 Å². The van der Waals surface area contributed by atoms with Gasteiger partial charge in [0, 0.05) is 18.4 Å². The number of carbonyl (C=O) groups excluding carboxylic acids is 2. The molecule has 16 heteroatoms. The standard InChI is InChI=1S/C31H48F4N8O3Si/c1-18(2)43-23(12-13-38-43)28(44)40-26(25(19-8-9-19)20-10-11-20)29(45)39-22-15-42(41-27(22)32)24(16-46-47(6,7)30(3,4)5)21(14-36)37-17-31(33,34)35/h12-15,18-20,24-26,37H,8-11,16-17,36H2,1-7H3,(H,39,45)(H,40,44)/b21-14-/t24?,26-/m0/s1. The number of anilines is 1. The molecule has 11 nitrogen and oxygen atoms in total. The molecule has 0 bridgehead atoms. The molecule has 2 aromatic rings. The molecule has 1 unspecified atom stereocenters. The van der Waals surface area contributed by atoms with Crippen molar-refractivity contribution in [3.05, 3.63) is 42.0 Å². The quantitative estimate of drug-likeness (QED) is 0.144. The Kier molecular flexibility index (Phi) is 10.8. The van der Waals surface area contributed by atoms with Gasteiger partial charge in [-0.2, -0.15) is 22.7 Å². The third-order valence-corrected chi connectivity index (χ3v) is 13.9. The Bertz CT molecular complexity index is 1430. The van der Waals surface area contributed by atoms with Crippen molar-refractivity contribution in [2.24, 2.45) is 23.5 Å². The Balaban J connectivity index is 1.61. The topological polar surface area (TPSA) is 141 Å². The van der Waals surface area contributed by atoms with Crippen LogP contribution in [0.15, 0.2) is 30.4 Å². The van der Waals surface area contributed by atoms with Gasteiger partial charge in [0.25, 0.3) is 11.9 Å². The van der Waals surface area contributed by atoms with E-state index in [9.17, 15) is 22.8 Å². The van der Waals surface area contributed by atoms with Crippen molar-refractivity contribution in [1.29, 1.82) is 0 Å². The number of hydrogen-bond acceptors (Lipinski definition) is 7. The molecule has 0 aliphatic heterocycles. The minimum Gasteiger partial charge on any atom is -0.414 e. The molecular weight excluding hydrogens is 636 g/mol. The second kappa shape index (κ2) is 14.0. The number of nitrogens with one attached hydrogen (secondary N) is 3. The molecule has 2 atom stereocenters. The lowest BCUT2D eigenvalue weighted by atomic mass is 9.88. The summed E-state index contributed by atoms with van der Waals surface area (Å²) >= 11 is 0. The fraction of sp³-hybridized carbons (Fsp3) is 0.677. The van der Waals surface area contributed by atoms with Crippen molar-refractivity contribution in [1.82, 2.24) is 30.2 Å². The molecule has 2 amide bonds. The van der Waals surface area contributed by atoms with Crippen LogP contribution in [0.1, 0.15) is 82.9 Å². The van der Waals surface area contributed by atoms with Gasteiger partial charge in [-0.25, -0.2) is 0 Å². The third-order valence-electron chi connectivity index (χ3n) is 9.38. The molecule has 2 aliphatic rings. The van der Waals surface area contributed by atoms with E-state index in [4.69, 9.17) is 10.2 Å². The summed E-state index contributed by atoms with van der Waals surface area (Å²) in [5, 5.41) is 15.8. The van der Waals surface area contributed by atoms with E-state index in [1.165, 1.54) is 12.4 Å². The highest BCUT2D eigenvalue weighted by Gasteiger charge is 2.49. The Morgan fingerprint density at radius 2 is 1.77 bits per heavy atom. The Hall–Kier alpha value is -3.40. The molecule has 5 N–H and O–H groups in total. The molecule has 0 saturated heterocycles. The lowest BCUT2D eigenvalue weighted by molar-refractivity contribution is -0.123. The van der Waals surface area contributed by atoms with Crippen molar-refractivity contribution in [2.45, 2.75) is 103 Å². The predicted octanol–water partition coefficient (Wildman–Crippen LogP) is 5.49. The minimum absolute atomic E-state index is 0.0733. The van der Waals surface area contributed by atoms with Crippen LogP contribution in [0.3, 0.4) is 0 Å². The first-order valence-electron chi connectivity index (χ1n) is 16.1. The number of amides is 2. The van der Waals surface area contributed by atoms with Crippen molar-refractivity contribution in [2.75, 3.05) is 18.5 Å². The highest BCUT2D eigenvalue weighted by molar-refractivity contribution is 6.74. The van der Waals surface area contributed by atoms with Crippen LogP contribution in [0.5, 0.6) is 0 Å². The van der Waals surface area contributed by atoms with Crippen molar-refractivity contribution in [3.8, 4) is 0 Å². The smallest absolute Gasteiger partial charge is 0.405 e. The molecule has 47 heavy (non-hydrogen) atoms. The predicted molar refractivity (Wildman–Crippen MR) is 172 cm³/mol. The first-order valence-corrected chi connectivity index (χ1v) is 19.0. The van der Waals surface area contributed by atoms with Gasteiger partial charge in [0.1, 0.15) is 30.0 Å². The zero-order valence-electron chi connectivity index (χ0n) is 28.1. The van der Waals surface area contributed by atoms with E-state index in [2.05, 4.69) is 26.1 Å². The Labute approximate surface area is 274 Å². The number of hydrogen-bond donors (Lipinski definition) is 4. The van der Waals surface area contributed by atoms with Crippen LogP contribution >= 0.6 is 0 Å². The maximum Gasteiger partial charge on any atom is 0.405 e. The van der Waals surface area contributed by atoms with Gasteiger partial charge >= 0.3 is 6.18 Å². The molecule has 0 aromatic carbocycles. The zero-order valence-corrected chi connectivity index (χ0v) is 29.1. The second-order valence-corrected chi connectivity index (χ2v) is 19.2. The molecule has 2 saturated carbocycles. The van der Waals surface area contributed by atoms with Gasteiger partial charge in [0.15, 0.2) is 8.32 Å². The molecule has 2 aliphatic carbocycles. The highest BCUT2D eigenvalue weighted by atomic mass is 28.4. The van der Waals surface area contributed by atoms with Crippen LogP contribution in [0.4, 0.5) is 23.2 Å². The second-order valence-electron chi connectivity index (χ2n) is 14.4. The van der Waals surface area contributed by atoms with Crippen molar-refractivity contribution >= 4 is 25.8 Å².